The quantitative estimate of drug-likeness (QED) is 0.705. The normalized spacial score (nSPS) is 16.3. The van der Waals surface area contributed by atoms with E-state index in [-0.39, 0.29) is 17.4 Å². The summed E-state index contributed by atoms with van der Waals surface area (Å²) in [6.07, 6.45) is 9.02. The molecule has 26 heavy (non-hydrogen) atoms. The zero-order valence-electron chi connectivity index (χ0n) is 15.3. The van der Waals surface area contributed by atoms with Crippen LogP contribution in [0.2, 0.25) is 0 Å². The van der Waals surface area contributed by atoms with Crippen LogP contribution in [0.4, 0.5) is 0 Å². The van der Waals surface area contributed by atoms with Crippen LogP contribution in [0.3, 0.4) is 0 Å². The van der Waals surface area contributed by atoms with Crippen LogP contribution >= 0.6 is 0 Å². The maximum absolute atomic E-state index is 12.7. The molecule has 4 rings (SSSR count). The third kappa shape index (κ3) is 3.07. The smallest absolute Gasteiger partial charge is 0.274 e. The molecule has 3 aromatic rings. The fourth-order valence-electron chi connectivity index (χ4n) is 3.23. The second-order valence-electron chi connectivity index (χ2n) is 7.81. The first-order chi connectivity index (χ1) is 12.4. The van der Waals surface area contributed by atoms with Gasteiger partial charge in [-0.2, -0.15) is 0 Å². The first kappa shape index (κ1) is 16.7. The highest BCUT2D eigenvalue weighted by molar-refractivity contribution is 5.92. The van der Waals surface area contributed by atoms with Crippen molar-refractivity contribution in [2.75, 3.05) is 13.1 Å². The Morgan fingerprint density at radius 2 is 1.96 bits per heavy atom. The maximum Gasteiger partial charge on any atom is 0.274 e. The molecule has 1 fully saturated rings. The molecule has 0 bridgehead atoms. The minimum Gasteiger partial charge on any atom is -0.337 e. The molecule has 0 saturated carbocycles. The summed E-state index contributed by atoms with van der Waals surface area (Å²) in [4.78, 5) is 23.1. The van der Waals surface area contributed by atoms with Gasteiger partial charge in [0, 0.05) is 43.3 Å². The van der Waals surface area contributed by atoms with E-state index < -0.39 is 0 Å². The molecule has 1 saturated heterocycles. The highest BCUT2D eigenvalue weighted by Gasteiger charge is 2.27. The Balaban J connectivity index is 1.43. The van der Waals surface area contributed by atoms with Crippen LogP contribution in [0.15, 0.2) is 30.9 Å². The lowest BCUT2D eigenvalue weighted by molar-refractivity contribution is 0.0684. The predicted molar refractivity (Wildman–Crippen MR) is 95.9 cm³/mol. The second kappa shape index (κ2) is 6.19. The van der Waals surface area contributed by atoms with Gasteiger partial charge in [0.25, 0.3) is 5.91 Å². The lowest BCUT2D eigenvalue weighted by atomic mass is 9.93. The highest BCUT2D eigenvalue weighted by atomic mass is 16.2. The summed E-state index contributed by atoms with van der Waals surface area (Å²) in [6, 6.07) is 2.10. The molecule has 0 atom stereocenters. The van der Waals surface area contributed by atoms with E-state index in [9.17, 15) is 4.79 Å². The third-order valence-electron chi connectivity index (χ3n) is 4.86. The van der Waals surface area contributed by atoms with E-state index in [1.807, 2.05) is 28.0 Å². The van der Waals surface area contributed by atoms with E-state index in [0.29, 0.717) is 24.6 Å². The van der Waals surface area contributed by atoms with Gasteiger partial charge >= 0.3 is 0 Å². The fourth-order valence-corrected chi connectivity index (χ4v) is 3.23. The molecule has 0 aromatic carbocycles. The standard InChI is InChI=1S/C18H23N7O/c1-18(2,3)15-12-25(22-21-15)13-5-9-23(10-6-13)16(26)14-11-24-8-4-7-19-17(24)20-14/h4,7-8,11-13H,5-6,9-10H2,1-3H3. The number of hydrogen-bond donors (Lipinski definition) is 0. The minimum atomic E-state index is -0.0390. The lowest BCUT2D eigenvalue weighted by Crippen LogP contribution is -2.39. The van der Waals surface area contributed by atoms with E-state index >= 15 is 0 Å². The molecule has 0 N–H and O–H groups in total. The first-order valence-electron chi connectivity index (χ1n) is 8.93. The number of carbonyl (C=O) groups is 1. The third-order valence-corrected chi connectivity index (χ3v) is 4.86. The number of fused-ring (bicyclic) bond motifs is 1. The number of amides is 1. The van der Waals surface area contributed by atoms with Gasteiger partial charge in [0.1, 0.15) is 5.69 Å². The molecule has 1 aliphatic rings. The van der Waals surface area contributed by atoms with Gasteiger partial charge in [-0.3, -0.25) is 9.20 Å². The Morgan fingerprint density at radius 1 is 1.19 bits per heavy atom. The summed E-state index contributed by atoms with van der Waals surface area (Å²) in [5.41, 5.74) is 1.43. The fraction of sp³-hybridized carbons (Fsp3) is 0.500. The summed E-state index contributed by atoms with van der Waals surface area (Å²) >= 11 is 0. The Labute approximate surface area is 151 Å². The Morgan fingerprint density at radius 3 is 2.62 bits per heavy atom. The molecule has 0 radical (unpaired) electrons. The Hall–Kier alpha value is -2.77. The van der Waals surface area contributed by atoms with Crippen molar-refractivity contribution in [3.05, 3.63) is 42.2 Å². The minimum absolute atomic E-state index is 0.00786. The molecule has 0 aliphatic carbocycles. The number of rotatable bonds is 2. The van der Waals surface area contributed by atoms with E-state index in [1.165, 1.54) is 0 Å². The molecular formula is C18H23N7O. The van der Waals surface area contributed by atoms with E-state index in [4.69, 9.17) is 0 Å². The van der Waals surface area contributed by atoms with Gasteiger partial charge in [0.15, 0.2) is 0 Å². The monoisotopic (exact) mass is 353 g/mol. The molecule has 8 heteroatoms. The van der Waals surface area contributed by atoms with Crippen molar-refractivity contribution in [2.45, 2.75) is 45.1 Å². The van der Waals surface area contributed by atoms with Gasteiger partial charge < -0.3 is 4.90 Å². The van der Waals surface area contributed by atoms with Crippen LogP contribution in [0.25, 0.3) is 5.78 Å². The Kier molecular flexibility index (Phi) is 3.97. The van der Waals surface area contributed by atoms with Crippen LogP contribution in [-0.2, 0) is 5.41 Å². The molecule has 1 amide bonds. The van der Waals surface area contributed by atoms with Crippen molar-refractivity contribution in [2.24, 2.45) is 0 Å². The van der Waals surface area contributed by atoms with Crippen molar-refractivity contribution in [3.8, 4) is 0 Å². The van der Waals surface area contributed by atoms with Crippen LogP contribution in [0, 0.1) is 0 Å². The number of nitrogens with zero attached hydrogens (tertiary/aromatic N) is 7. The summed E-state index contributed by atoms with van der Waals surface area (Å²) in [6.45, 7) is 7.77. The molecular weight excluding hydrogens is 330 g/mol. The molecule has 136 valence electrons. The zero-order chi connectivity index (χ0) is 18.3. The van der Waals surface area contributed by atoms with Gasteiger partial charge in [0.2, 0.25) is 5.78 Å². The number of likely N-dealkylation sites (tertiary alicyclic amines) is 1. The number of imidazole rings is 1. The van der Waals surface area contributed by atoms with Crippen LogP contribution in [-0.4, -0.2) is 53.3 Å². The number of aromatic nitrogens is 6. The molecule has 4 heterocycles. The average molecular weight is 353 g/mol. The largest absolute Gasteiger partial charge is 0.337 e. The second-order valence-corrected chi connectivity index (χ2v) is 7.81. The van der Waals surface area contributed by atoms with Crippen molar-refractivity contribution in [1.29, 1.82) is 0 Å². The maximum atomic E-state index is 12.7. The average Bonchev–Trinajstić information content (AvgIpc) is 3.28. The van der Waals surface area contributed by atoms with E-state index in [1.54, 1.807) is 16.8 Å². The molecule has 0 unspecified atom stereocenters. The predicted octanol–water partition coefficient (Wildman–Crippen LogP) is 2.10. The lowest BCUT2D eigenvalue weighted by Gasteiger charge is -2.31. The highest BCUT2D eigenvalue weighted by Crippen LogP contribution is 2.25. The Bertz CT molecular complexity index is 895. The van der Waals surface area contributed by atoms with Gasteiger partial charge in [-0.15, -0.1) is 5.10 Å². The van der Waals surface area contributed by atoms with Crippen molar-refractivity contribution in [1.82, 2.24) is 34.3 Å². The van der Waals surface area contributed by atoms with Gasteiger partial charge in [0.05, 0.1) is 11.7 Å². The zero-order valence-corrected chi connectivity index (χ0v) is 15.3. The number of piperidine rings is 1. The SMILES string of the molecule is CC(C)(C)c1cn(C2CCN(C(=O)c3cn4cccnc4n3)CC2)nn1. The van der Waals surface area contributed by atoms with E-state index in [0.717, 1.165) is 18.5 Å². The number of hydrogen-bond acceptors (Lipinski definition) is 5. The molecule has 1 aliphatic heterocycles. The van der Waals surface area contributed by atoms with Crippen molar-refractivity contribution in [3.63, 3.8) is 0 Å². The van der Waals surface area contributed by atoms with Gasteiger partial charge in [-0.05, 0) is 18.9 Å². The van der Waals surface area contributed by atoms with Crippen LogP contribution < -0.4 is 0 Å². The summed E-state index contributed by atoms with van der Waals surface area (Å²) in [5.74, 6) is 0.506. The van der Waals surface area contributed by atoms with Gasteiger partial charge in [-0.25, -0.2) is 14.6 Å². The number of carbonyl (C=O) groups excluding carboxylic acids is 1. The van der Waals surface area contributed by atoms with E-state index in [2.05, 4.69) is 41.1 Å². The molecule has 0 spiro atoms. The van der Waals surface area contributed by atoms with Crippen molar-refractivity contribution < 1.29 is 4.79 Å². The van der Waals surface area contributed by atoms with Gasteiger partial charge in [-0.1, -0.05) is 26.0 Å². The molecule has 8 nitrogen and oxygen atoms in total. The summed E-state index contributed by atoms with van der Waals surface area (Å²) in [5, 5.41) is 8.60. The van der Waals surface area contributed by atoms with Crippen LogP contribution in [0.1, 0.15) is 55.8 Å². The topological polar surface area (TPSA) is 81.2 Å². The summed E-state index contributed by atoms with van der Waals surface area (Å²) in [7, 11) is 0. The first-order valence-corrected chi connectivity index (χ1v) is 8.93. The van der Waals surface area contributed by atoms with Crippen molar-refractivity contribution >= 4 is 11.7 Å². The summed E-state index contributed by atoms with van der Waals surface area (Å²) < 4.78 is 3.72. The molecule has 3 aromatic heterocycles. The van der Waals surface area contributed by atoms with Crippen LogP contribution in [0.5, 0.6) is 0 Å².